The molecule has 2 heteroatoms. The Balaban J connectivity index is 1.41. The fourth-order valence-electron chi connectivity index (χ4n) is 5.27. The van der Waals surface area contributed by atoms with E-state index in [9.17, 15) is 4.39 Å². The molecular weight excluding hydrogens is 323 g/mol. The summed E-state index contributed by atoms with van der Waals surface area (Å²) in [6.07, 6.45) is 15.3. The molecule has 0 unspecified atom stereocenters. The topological polar surface area (TPSA) is 9.23 Å². The van der Waals surface area contributed by atoms with E-state index in [1.165, 1.54) is 76.2 Å². The lowest BCUT2D eigenvalue weighted by Gasteiger charge is -2.32. The van der Waals surface area contributed by atoms with Gasteiger partial charge in [-0.25, -0.2) is 4.39 Å². The third kappa shape index (κ3) is 5.31. The lowest BCUT2D eigenvalue weighted by Crippen LogP contribution is -2.17. The van der Waals surface area contributed by atoms with Gasteiger partial charge in [-0.1, -0.05) is 64.0 Å². The molecule has 3 rings (SSSR count). The lowest BCUT2D eigenvalue weighted by molar-refractivity contribution is 0.181. The second kappa shape index (κ2) is 9.88. The van der Waals surface area contributed by atoms with Gasteiger partial charge in [-0.2, -0.15) is 0 Å². The number of halogens is 1. The van der Waals surface area contributed by atoms with E-state index in [1.54, 1.807) is 13.2 Å². The molecule has 2 aliphatic carbocycles. The quantitative estimate of drug-likeness (QED) is 0.498. The van der Waals surface area contributed by atoms with Crippen molar-refractivity contribution in [3.63, 3.8) is 0 Å². The number of ether oxygens (including phenoxy) is 1. The van der Waals surface area contributed by atoms with Crippen LogP contribution in [0, 0.1) is 23.6 Å². The third-order valence-electron chi connectivity index (χ3n) is 7.22. The molecule has 2 fully saturated rings. The van der Waals surface area contributed by atoms with Crippen LogP contribution in [0.5, 0.6) is 0 Å². The monoisotopic (exact) mass is 360 g/mol. The molecule has 1 aromatic carbocycles. The van der Waals surface area contributed by atoms with Gasteiger partial charge in [0.15, 0.2) is 0 Å². The van der Waals surface area contributed by atoms with Crippen LogP contribution in [0.1, 0.15) is 94.6 Å². The first-order valence-corrected chi connectivity index (χ1v) is 11.0. The van der Waals surface area contributed by atoms with Crippen LogP contribution < -0.4 is 0 Å². The van der Waals surface area contributed by atoms with Crippen LogP contribution in [0.4, 0.5) is 4.39 Å². The molecule has 0 N–H and O–H groups in total. The highest BCUT2D eigenvalue weighted by Crippen LogP contribution is 2.40. The maximum atomic E-state index is 14.2. The molecule has 0 radical (unpaired) electrons. The standard InChI is InChI=1S/C24H37FO/c1-3-18-4-6-19(7-5-18)8-9-20-10-12-21(13-11-20)22-14-15-23(17-26-2)24(25)16-22/h14-16,18-21H,3-13,17H2,1-2H3. The molecule has 2 aliphatic rings. The molecule has 1 nitrogen and oxygen atoms in total. The Hall–Kier alpha value is -0.890. The minimum atomic E-state index is -0.103. The minimum Gasteiger partial charge on any atom is -0.380 e. The summed E-state index contributed by atoms with van der Waals surface area (Å²) in [7, 11) is 1.62. The summed E-state index contributed by atoms with van der Waals surface area (Å²) < 4.78 is 19.2. The van der Waals surface area contributed by atoms with Gasteiger partial charge in [0.25, 0.3) is 0 Å². The van der Waals surface area contributed by atoms with Gasteiger partial charge in [0.05, 0.1) is 6.61 Å². The minimum absolute atomic E-state index is 0.103. The Morgan fingerprint density at radius 2 is 1.46 bits per heavy atom. The summed E-state index contributed by atoms with van der Waals surface area (Å²) in [6, 6.07) is 5.78. The van der Waals surface area contributed by atoms with Crippen LogP contribution in [0.15, 0.2) is 18.2 Å². The smallest absolute Gasteiger partial charge is 0.129 e. The molecule has 0 spiro atoms. The second-order valence-corrected chi connectivity index (χ2v) is 8.87. The van der Waals surface area contributed by atoms with Gasteiger partial charge in [-0.15, -0.1) is 0 Å². The molecule has 0 heterocycles. The van der Waals surface area contributed by atoms with Crippen LogP contribution in [-0.2, 0) is 11.3 Å². The molecule has 0 bridgehead atoms. The average molecular weight is 361 g/mol. The van der Waals surface area contributed by atoms with Gasteiger partial charge in [-0.3, -0.25) is 0 Å². The van der Waals surface area contributed by atoms with Crippen LogP contribution in [0.25, 0.3) is 0 Å². The van der Waals surface area contributed by atoms with E-state index < -0.39 is 0 Å². The summed E-state index contributed by atoms with van der Waals surface area (Å²) in [4.78, 5) is 0. The van der Waals surface area contributed by atoms with E-state index in [0.717, 1.165) is 17.8 Å². The van der Waals surface area contributed by atoms with Crippen molar-refractivity contribution in [2.45, 2.75) is 90.1 Å². The fourth-order valence-corrected chi connectivity index (χ4v) is 5.27. The molecule has 0 saturated heterocycles. The van der Waals surface area contributed by atoms with Crippen LogP contribution in [0.2, 0.25) is 0 Å². The van der Waals surface area contributed by atoms with E-state index in [0.29, 0.717) is 18.1 Å². The SMILES string of the molecule is CCC1CCC(CCC2CCC(c3ccc(COC)c(F)c3)CC2)CC1. The van der Waals surface area contributed by atoms with Gasteiger partial charge < -0.3 is 4.74 Å². The summed E-state index contributed by atoms with van der Waals surface area (Å²) in [5, 5.41) is 0. The van der Waals surface area contributed by atoms with Gasteiger partial charge in [0.1, 0.15) is 5.82 Å². The average Bonchev–Trinajstić information content (AvgIpc) is 2.69. The maximum Gasteiger partial charge on any atom is 0.129 e. The van der Waals surface area contributed by atoms with E-state index >= 15 is 0 Å². The van der Waals surface area contributed by atoms with Gasteiger partial charge in [-0.05, 0) is 61.0 Å². The highest BCUT2D eigenvalue weighted by molar-refractivity contribution is 5.27. The van der Waals surface area contributed by atoms with E-state index in [2.05, 4.69) is 13.0 Å². The summed E-state index contributed by atoms with van der Waals surface area (Å²) in [5.41, 5.74) is 1.86. The maximum absolute atomic E-state index is 14.2. The predicted molar refractivity (Wildman–Crippen MR) is 107 cm³/mol. The summed E-state index contributed by atoms with van der Waals surface area (Å²) in [5.74, 6) is 3.37. The van der Waals surface area contributed by atoms with Gasteiger partial charge >= 0.3 is 0 Å². The van der Waals surface area contributed by atoms with Crippen molar-refractivity contribution in [2.24, 2.45) is 17.8 Å². The van der Waals surface area contributed by atoms with Crippen molar-refractivity contribution in [2.75, 3.05) is 7.11 Å². The molecule has 146 valence electrons. The fraction of sp³-hybridized carbons (Fsp3) is 0.750. The largest absolute Gasteiger partial charge is 0.380 e. The van der Waals surface area contributed by atoms with Crippen molar-refractivity contribution < 1.29 is 9.13 Å². The van der Waals surface area contributed by atoms with Crippen molar-refractivity contribution >= 4 is 0 Å². The number of benzene rings is 1. The van der Waals surface area contributed by atoms with Crippen molar-refractivity contribution in [1.29, 1.82) is 0 Å². The molecule has 0 aromatic heterocycles. The first-order chi connectivity index (χ1) is 12.7. The Morgan fingerprint density at radius 1 is 0.885 bits per heavy atom. The number of hydrogen-bond donors (Lipinski definition) is 0. The molecule has 0 aliphatic heterocycles. The Kier molecular flexibility index (Phi) is 7.54. The summed E-state index contributed by atoms with van der Waals surface area (Å²) >= 11 is 0. The van der Waals surface area contributed by atoms with Crippen LogP contribution >= 0.6 is 0 Å². The van der Waals surface area contributed by atoms with Gasteiger partial charge in [0, 0.05) is 12.7 Å². The first kappa shape index (κ1) is 19.9. The van der Waals surface area contributed by atoms with E-state index in [-0.39, 0.29) is 5.82 Å². The Bertz CT molecular complexity index is 539. The predicted octanol–water partition coefficient (Wildman–Crippen LogP) is 7.24. The van der Waals surface area contributed by atoms with E-state index in [1.807, 2.05) is 6.07 Å². The number of hydrogen-bond acceptors (Lipinski definition) is 1. The molecule has 0 amide bonds. The highest BCUT2D eigenvalue weighted by Gasteiger charge is 2.25. The Morgan fingerprint density at radius 3 is 2.00 bits per heavy atom. The normalized spacial score (nSPS) is 29.7. The van der Waals surface area contributed by atoms with Crippen molar-refractivity contribution in [3.05, 3.63) is 35.1 Å². The summed E-state index contributed by atoms with van der Waals surface area (Å²) in [6.45, 7) is 2.71. The molecule has 2 saturated carbocycles. The zero-order valence-electron chi connectivity index (χ0n) is 16.8. The lowest BCUT2D eigenvalue weighted by atomic mass is 9.74. The zero-order valence-corrected chi connectivity index (χ0v) is 16.8. The Labute approximate surface area is 159 Å². The van der Waals surface area contributed by atoms with Crippen LogP contribution in [-0.4, -0.2) is 7.11 Å². The molecule has 1 aromatic rings. The second-order valence-electron chi connectivity index (χ2n) is 8.87. The number of methoxy groups -OCH3 is 1. The first-order valence-electron chi connectivity index (χ1n) is 11.0. The molecule has 0 atom stereocenters. The number of rotatable bonds is 7. The zero-order chi connectivity index (χ0) is 18.4. The van der Waals surface area contributed by atoms with Crippen molar-refractivity contribution in [3.8, 4) is 0 Å². The highest BCUT2D eigenvalue weighted by atomic mass is 19.1. The van der Waals surface area contributed by atoms with Gasteiger partial charge in [0.2, 0.25) is 0 Å². The van der Waals surface area contributed by atoms with Crippen LogP contribution in [0.3, 0.4) is 0 Å². The third-order valence-corrected chi connectivity index (χ3v) is 7.22. The van der Waals surface area contributed by atoms with Crippen molar-refractivity contribution in [1.82, 2.24) is 0 Å². The molecular formula is C24H37FO. The van der Waals surface area contributed by atoms with E-state index in [4.69, 9.17) is 4.74 Å². The molecule has 26 heavy (non-hydrogen) atoms.